The van der Waals surface area contributed by atoms with Crippen LogP contribution in [0.2, 0.25) is 0 Å². The van der Waals surface area contributed by atoms with E-state index in [1.165, 1.54) is 0 Å². The van der Waals surface area contributed by atoms with Gasteiger partial charge in [0.15, 0.2) is 6.61 Å². The standard InChI is InChI=1S/C28H28N4O4/c1-3-29-26(33)19-36-23-14-12-22(13-15-23)30-28(34)25-18-32(17-20-8-5-4-6-9-20)31-27(25)21-10-7-11-24(16-21)35-2/h4-16,18H,3,17,19H2,1-2H3,(H,29,33)(H,30,34). The highest BCUT2D eigenvalue weighted by molar-refractivity contribution is 6.08. The zero-order valence-corrected chi connectivity index (χ0v) is 20.2. The van der Waals surface area contributed by atoms with Crippen molar-refractivity contribution in [2.75, 3.05) is 25.6 Å². The van der Waals surface area contributed by atoms with Gasteiger partial charge in [-0.2, -0.15) is 5.10 Å². The van der Waals surface area contributed by atoms with E-state index in [0.29, 0.717) is 41.5 Å². The summed E-state index contributed by atoms with van der Waals surface area (Å²) in [5.41, 5.74) is 3.45. The van der Waals surface area contributed by atoms with Gasteiger partial charge in [-0.15, -0.1) is 0 Å². The summed E-state index contributed by atoms with van der Waals surface area (Å²) < 4.78 is 12.6. The molecule has 0 spiro atoms. The zero-order chi connectivity index (χ0) is 25.3. The SMILES string of the molecule is CCNC(=O)COc1ccc(NC(=O)c2cn(Cc3ccccc3)nc2-c2cccc(OC)c2)cc1. The van der Waals surface area contributed by atoms with E-state index in [9.17, 15) is 9.59 Å². The van der Waals surface area contributed by atoms with Gasteiger partial charge in [0.25, 0.3) is 11.8 Å². The van der Waals surface area contributed by atoms with Crippen molar-refractivity contribution >= 4 is 17.5 Å². The van der Waals surface area contributed by atoms with E-state index in [1.807, 2.05) is 61.5 Å². The number of carbonyl (C=O) groups is 2. The van der Waals surface area contributed by atoms with Gasteiger partial charge in [0.1, 0.15) is 17.2 Å². The molecule has 36 heavy (non-hydrogen) atoms. The van der Waals surface area contributed by atoms with Gasteiger partial charge in [-0.1, -0.05) is 42.5 Å². The van der Waals surface area contributed by atoms with E-state index in [2.05, 4.69) is 10.6 Å². The van der Waals surface area contributed by atoms with Crippen LogP contribution in [0, 0.1) is 0 Å². The summed E-state index contributed by atoms with van der Waals surface area (Å²) >= 11 is 0. The van der Waals surface area contributed by atoms with E-state index in [-0.39, 0.29) is 18.4 Å². The number of carbonyl (C=O) groups excluding carboxylic acids is 2. The van der Waals surface area contributed by atoms with Gasteiger partial charge in [0, 0.05) is 24.0 Å². The molecule has 2 N–H and O–H groups in total. The van der Waals surface area contributed by atoms with E-state index < -0.39 is 0 Å². The maximum Gasteiger partial charge on any atom is 0.259 e. The van der Waals surface area contributed by atoms with Crippen molar-refractivity contribution in [2.45, 2.75) is 13.5 Å². The molecule has 0 unspecified atom stereocenters. The molecule has 0 saturated carbocycles. The van der Waals surface area contributed by atoms with Gasteiger partial charge in [-0.05, 0) is 48.9 Å². The quantitative estimate of drug-likeness (QED) is 0.349. The van der Waals surface area contributed by atoms with E-state index in [1.54, 1.807) is 42.3 Å². The van der Waals surface area contributed by atoms with Crippen LogP contribution in [0.4, 0.5) is 5.69 Å². The Bertz CT molecular complexity index is 1320. The Labute approximate surface area is 209 Å². The number of aromatic nitrogens is 2. The van der Waals surface area contributed by atoms with Crippen molar-refractivity contribution in [3.8, 4) is 22.8 Å². The molecule has 2 amide bonds. The number of nitrogens with one attached hydrogen (secondary N) is 2. The molecule has 4 rings (SSSR count). The Kier molecular flexibility index (Phi) is 7.97. The van der Waals surface area contributed by atoms with Crippen LogP contribution in [0.1, 0.15) is 22.8 Å². The minimum absolute atomic E-state index is 0.0654. The van der Waals surface area contributed by atoms with Crippen LogP contribution in [0.15, 0.2) is 85.1 Å². The minimum atomic E-state index is -0.289. The van der Waals surface area contributed by atoms with Crippen LogP contribution in [0.3, 0.4) is 0 Å². The predicted octanol–water partition coefficient (Wildman–Crippen LogP) is 4.37. The maximum atomic E-state index is 13.3. The zero-order valence-electron chi connectivity index (χ0n) is 20.2. The highest BCUT2D eigenvalue weighted by atomic mass is 16.5. The molecule has 184 valence electrons. The molecule has 0 saturated heterocycles. The Hall–Kier alpha value is -4.59. The normalized spacial score (nSPS) is 10.5. The van der Waals surface area contributed by atoms with Gasteiger partial charge >= 0.3 is 0 Å². The average molecular weight is 485 g/mol. The first-order chi connectivity index (χ1) is 17.6. The number of hydrogen-bond donors (Lipinski definition) is 2. The van der Waals surface area contributed by atoms with Crippen LogP contribution < -0.4 is 20.1 Å². The highest BCUT2D eigenvalue weighted by Crippen LogP contribution is 2.27. The number of ether oxygens (including phenoxy) is 2. The summed E-state index contributed by atoms with van der Waals surface area (Å²) in [5.74, 6) is 0.738. The van der Waals surface area contributed by atoms with E-state index in [0.717, 1.165) is 11.1 Å². The second-order valence-corrected chi connectivity index (χ2v) is 8.03. The molecular formula is C28H28N4O4. The predicted molar refractivity (Wildman–Crippen MR) is 138 cm³/mol. The second-order valence-electron chi connectivity index (χ2n) is 8.03. The van der Waals surface area contributed by atoms with Crippen molar-refractivity contribution < 1.29 is 19.1 Å². The van der Waals surface area contributed by atoms with Crippen molar-refractivity contribution in [2.24, 2.45) is 0 Å². The van der Waals surface area contributed by atoms with Crippen molar-refractivity contribution in [3.63, 3.8) is 0 Å². The number of nitrogens with zero attached hydrogens (tertiary/aromatic N) is 2. The summed E-state index contributed by atoms with van der Waals surface area (Å²) in [5, 5.41) is 10.3. The van der Waals surface area contributed by atoms with Crippen LogP contribution in [0.25, 0.3) is 11.3 Å². The first kappa shape index (κ1) is 24.5. The fourth-order valence-corrected chi connectivity index (χ4v) is 3.65. The van der Waals surface area contributed by atoms with Crippen LogP contribution in [-0.4, -0.2) is 41.9 Å². The number of amides is 2. The Morgan fingerprint density at radius 3 is 2.44 bits per heavy atom. The fraction of sp³-hybridized carbons (Fsp3) is 0.179. The van der Waals surface area contributed by atoms with Crippen molar-refractivity contribution in [1.29, 1.82) is 0 Å². The van der Waals surface area contributed by atoms with E-state index >= 15 is 0 Å². The lowest BCUT2D eigenvalue weighted by Gasteiger charge is -2.09. The Morgan fingerprint density at radius 1 is 0.944 bits per heavy atom. The van der Waals surface area contributed by atoms with Crippen molar-refractivity contribution in [3.05, 3.63) is 96.2 Å². The number of likely N-dealkylation sites (N-methyl/N-ethyl adjacent to an activating group) is 1. The van der Waals surface area contributed by atoms with Gasteiger partial charge in [0.05, 0.1) is 19.2 Å². The van der Waals surface area contributed by atoms with Gasteiger partial charge in [-0.3, -0.25) is 14.3 Å². The molecule has 0 bridgehead atoms. The van der Waals surface area contributed by atoms with Crippen LogP contribution in [0.5, 0.6) is 11.5 Å². The van der Waals surface area contributed by atoms with Crippen molar-refractivity contribution in [1.82, 2.24) is 15.1 Å². The number of benzene rings is 3. The topological polar surface area (TPSA) is 94.5 Å². The minimum Gasteiger partial charge on any atom is -0.497 e. The largest absolute Gasteiger partial charge is 0.497 e. The number of anilines is 1. The third kappa shape index (κ3) is 6.29. The smallest absolute Gasteiger partial charge is 0.259 e. The molecule has 8 nitrogen and oxygen atoms in total. The second kappa shape index (κ2) is 11.7. The lowest BCUT2D eigenvalue weighted by molar-refractivity contribution is -0.122. The first-order valence-corrected chi connectivity index (χ1v) is 11.6. The van der Waals surface area contributed by atoms with E-state index in [4.69, 9.17) is 14.6 Å². The van der Waals surface area contributed by atoms with Gasteiger partial charge < -0.3 is 20.1 Å². The number of methoxy groups -OCH3 is 1. The van der Waals surface area contributed by atoms with Gasteiger partial charge in [-0.25, -0.2) is 0 Å². The maximum absolute atomic E-state index is 13.3. The molecule has 0 aliphatic rings. The molecule has 0 aliphatic carbocycles. The molecule has 0 atom stereocenters. The molecule has 8 heteroatoms. The summed E-state index contributed by atoms with van der Waals surface area (Å²) in [6, 6.07) is 24.3. The molecular weight excluding hydrogens is 456 g/mol. The molecule has 3 aromatic carbocycles. The highest BCUT2D eigenvalue weighted by Gasteiger charge is 2.19. The number of hydrogen-bond acceptors (Lipinski definition) is 5. The summed E-state index contributed by atoms with van der Waals surface area (Å²) in [6.45, 7) is 2.86. The fourth-order valence-electron chi connectivity index (χ4n) is 3.65. The van der Waals surface area contributed by atoms with Crippen LogP contribution >= 0.6 is 0 Å². The molecule has 4 aromatic rings. The molecule has 1 heterocycles. The Morgan fingerprint density at radius 2 is 1.72 bits per heavy atom. The Balaban J connectivity index is 1.55. The van der Waals surface area contributed by atoms with Gasteiger partial charge in [0.2, 0.25) is 0 Å². The summed E-state index contributed by atoms with van der Waals surface area (Å²) in [4.78, 5) is 24.9. The lowest BCUT2D eigenvalue weighted by atomic mass is 10.1. The third-order valence-corrected chi connectivity index (χ3v) is 5.39. The molecule has 0 aliphatic heterocycles. The third-order valence-electron chi connectivity index (χ3n) is 5.39. The number of rotatable bonds is 10. The first-order valence-electron chi connectivity index (χ1n) is 11.6. The summed E-state index contributed by atoms with van der Waals surface area (Å²) in [6.07, 6.45) is 1.75. The summed E-state index contributed by atoms with van der Waals surface area (Å²) in [7, 11) is 1.60. The monoisotopic (exact) mass is 484 g/mol. The lowest BCUT2D eigenvalue weighted by Crippen LogP contribution is -2.28. The van der Waals surface area contributed by atoms with Crippen LogP contribution in [-0.2, 0) is 11.3 Å². The molecule has 0 radical (unpaired) electrons. The molecule has 1 aromatic heterocycles. The molecule has 0 fully saturated rings. The average Bonchev–Trinajstić information content (AvgIpc) is 3.33.